The van der Waals surface area contributed by atoms with Crippen LogP contribution in [0.25, 0.3) is 10.9 Å². The van der Waals surface area contributed by atoms with Crippen LogP contribution in [0.15, 0.2) is 42.6 Å². The molecule has 5 atom stereocenters. The third kappa shape index (κ3) is 7.52. The minimum Gasteiger partial charge on any atom is -0.497 e. The van der Waals surface area contributed by atoms with E-state index in [4.69, 9.17) is 14.5 Å². The summed E-state index contributed by atoms with van der Waals surface area (Å²) in [5.41, 5.74) is -0.546. The average molecular weight is 838 g/mol. The number of aryl methyl sites for hydroxylation is 2. The number of rotatable bonds is 8. The Kier molecular flexibility index (Phi) is 10.4. The van der Waals surface area contributed by atoms with E-state index in [9.17, 15) is 36.4 Å². The van der Waals surface area contributed by atoms with Crippen LogP contribution in [-0.2, 0) is 37.2 Å². The van der Waals surface area contributed by atoms with Crippen LogP contribution in [-0.4, -0.2) is 93.3 Å². The first-order chi connectivity index (χ1) is 28.1. The lowest BCUT2D eigenvalue weighted by molar-refractivity contribution is -0.141. The van der Waals surface area contributed by atoms with Crippen molar-refractivity contribution in [1.29, 1.82) is 0 Å². The van der Waals surface area contributed by atoms with Crippen LogP contribution >= 0.6 is 0 Å². The van der Waals surface area contributed by atoms with Gasteiger partial charge in [0.25, 0.3) is 11.8 Å². The second kappa shape index (κ2) is 15.2. The van der Waals surface area contributed by atoms with Crippen molar-refractivity contribution < 1.29 is 45.9 Å². The zero-order valence-electron chi connectivity index (χ0n) is 33.3. The fourth-order valence-corrected chi connectivity index (χ4v) is 10.1. The standard InChI is InChI=1S/C41H49F2N7O8S/c1-4-28-33-26(27-20-25(57-3)12-13-29(27)44-28)14-16-40(58-33)22-32-35(52)46-41(37(54)48-59(55,56)39(2)17-18-39)21-24(41)10-8-6-5-7-9-11-31(36(53)49(32)23-40)45-34(51)30-15-19-50(47-30)38(42)43/h8,10,12-13,15,19-20,24,31-32,38H,4-7,9,11,14,16-18,21-23H2,1-3H3,(H,45,51)(H,46,52)(H,48,54)/t24-,31+,32+,40-,41-/m1/s1. The van der Waals surface area contributed by atoms with Gasteiger partial charge in [-0.1, -0.05) is 31.9 Å². The number of fused-ring (bicyclic) bond motifs is 5. The average Bonchev–Trinajstić information content (AvgIpc) is 4.00. The molecular weight excluding hydrogens is 789 g/mol. The first-order valence-electron chi connectivity index (χ1n) is 20.3. The molecule has 3 aromatic rings. The van der Waals surface area contributed by atoms with Crippen LogP contribution in [0.1, 0.15) is 106 Å². The number of pyridine rings is 1. The van der Waals surface area contributed by atoms with Crippen LogP contribution < -0.4 is 24.8 Å². The number of carbonyl (C=O) groups excluding carboxylic acids is 4. The van der Waals surface area contributed by atoms with Crippen molar-refractivity contribution in [3.05, 3.63) is 59.6 Å². The number of benzene rings is 1. The minimum absolute atomic E-state index is 0.0252. The van der Waals surface area contributed by atoms with Gasteiger partial charge in [0.15, 0.2) is 0 Å². The van der Waals surface area contributed by atoms with Gasteiger partial charge in [-0.2, -0.15) is 13.9 Å². The van der Waals surface area contributed by atoms with Crippen LogP contribution in [0.2, 0.25) is 0 Å². The van der Waals surface area contributed by atoms with E-state index in [1.54, 1.807) is 14.0 Å². The Morgan fingerprint density at radius 2 is 1.92 bits per heavy atom. The number of aromatic nitrogens is 3. The molecule has 5 aliphatic rings. The zero-order chi connectivity index (χ0) is 41.9. The number of sulfonamides is 1. The summed E-state index contributed by atoms with van der Waals surface area (Å²) in [5, 5.41) is 10.2. The van der Waals surface area contributed by atoms with E-state index in [1.807, 2.05) is 37.3 Å². The molecule has 5 heterocycles. The van der Waals surface area contributed by atoms with Gasteiger partial charge in [-0.15, -0.1) is 0 Å². The Bertz CT molecular complexity index is 2350. The van der Waals surface area contributed by atoms with Crippen LogP contribution in [0, 0.1) is 5.92 Å². The highest BCUT2D eigenvalue weighted by Crippen LogP contribution is 2.49. The van der Waals surface area contributed by atoms with Gasteiger partial charge in [0.05, 0.1) is 29.6 Å². The third-order valence-electron chi connectivity index (χ3n) is 12.8. The minimum atomic E-state index is -4.04. The van der Waals surface area contributed by atoms with Crippen molar-refractivity contribution in [2.24, 2.45) is 5.92 Å². The van der Waals surface area contributed by atoms with Gasteiger partial charge in [-0.25, -0.2) is 18.1 Å². The van der Waals surface area contributed by atoms with Crippen molar-refractivity contribution in [2.45, 2.75) is 125 Å². The second-order valence-corrected chi connectivity index (χ2v) is 19.0. The molecule has 15 nitrogen and oxygen atoms in total. The van der Waals surface area contributed by atoms with Gasteiger partial charge in [0, 0.05) is 29.5 Å². The molecule has 316 valence electrons. The van der Waals surface area contributed by atoms with Crippen LogP contribution in [0.3, 0.4) is 0 Å². The molecule has 1 saturated heterocycles. The molecule has 1 spiro atoms. The molecule has 59 heavy (non-hydrogen) atoms. The Hall–Kier alpha value is -5.13. The van der Waals surface area contributed by atoms with Crippen molar-refractivity contribution in [2.75, 3.05) is 13.7 Å². The topological polar surface area (TPSA) is 191 Å². The summed E-state index contributed by atoms with van der Waals surface area (Å²) in [6.45, 7) is 0.514. The number of nitrogens with zero attached hydrogens (tertiary/aromatic N) is 4. The number of alkyl halides is 2. The number of hydrogen-bond acceptors (Lipinski definition) is 10. The smallest absolute Gasteiger partial charge is 0.333 e. The molecular formula is C41H49F2N7O8S. The first kappa shape index (κ1) is 40.6. The maximum absolute atomic E-state index is 14.9. The lowest BCUT2D eigenvalue weighted by Gasteiger charge is -2.37. The normalized spacial score (nSPS) is 27.8. The van der Waals surface area contributed by atoms with Gasteiger partial charge >= 0.3 is 6.55 Å². The van der Waals surface area contributed by atoms with Crippen molar-refractivity contribution in [1.82, 2.24) is 35.0 Å². The van der Waals surface area contributed by atoms with Crippen LogP contribution in [0.4, 0.5) is 8.78 Å². The quantitative estimate of drug-likeness (QED) is 0.277. The maximum Gasteiger partial charge on any atom is 0.333 e. The fourth-order valence-electron chi connectivity index (χ4n) is 8.74. The van der Waals surface area contributed by atoms with Gasteiger partial charge < -0.3 is 25.0 Å². The molecule has 2 aliphatic carbocycles. The number of nitrogens with one attached hydrogen (secondary N) is 3. The van der Waals surface area contributed by atoms with E-state index in [-0.39, 0.29) is 31.5 Å². The van der Waals surface area contributed by atoms with E-state index in [0.29, 0.717) is 79.7 Å². The molecule has 2 aromatic heterocycles. The van der Waals surface area contributed by atoms with Crippen molar-refractivity contribution in [3.8, 4) is 11.5 Å². The molecule has 18 heteroatoms. The molecule has 3 fully saturated rings. The van der Waals surface area contributed by atoms with E-state index < -0.39 is 74.1 Å². The Morgan fingerprint density at radius 1 is 1.12 bits per heavy atom. The summed E-state index contributed by atoms with van der Waals surface area (Å²) in [4.78, 5) is 63.3. The zero-order valence-corrected chi connectivity index (χ0v) is 34.1. The lowest BCUT2D eigenvalue weighted by Crippen LogP contribution is -2.58. The first-order valence-corrected chi connectivity index (χ1v) is 21.8. The summed E-state index contributed by atoms with van der Waals surface area (Å²) in [5.74, 6) is -2.18. The molecule has 0 radical (unpaired) electrons. The van der Waals surface area contributed by atoms with E-state index >= 15 is 0 Å². The number of amides is 4. The summed E-state index contributed by atoms with van der Waals surface area (Å²) >= 11 is 0. The summed E-state index contributed by atoms with van der Waals surface area (Å²) in [7, 11) is -2.46. The number of ether oxygens (including phenoxy) is 2. The summed E-state index contributed by atoms with van der Waals surface area (Å²) < 4.78 is 67.2. The monoisotopic (exact) mass is 837 g/mol. The van der Waals surface area contributed by atoms with Gasteiger partial charge in [0.1, 0.15) is 40.4 Å². The highest BCUT2D eigenvalue weighted by atomic mass is 32.2. The lowest BCUT2D eigenvalue weighted by atomic mass is 9.87. The molecule has 1 aromatic carbocycles. The Labute approximate surface area is 340 Å². The summed E-state index contributed by atoms with van der Waals surface area (Å²) in [6.07, 6.45) is 9.92. The molecule has 0 bridgehead atoms. The van der Waals surface area contributed by atoms with Crippen LogP contribution in [0.5, 0.6) is 11.5 Å². The predicted octanol–water partition coefficient (Wildman–Crippen LogP) is 4.25. The molecule has 0 unspecified atom stereocenters. The highest BCUT2D eigenvalue weighted by Gasteiger charge is 2.64. The number of methoxy groups -OCH3 is 1. The van der Waals surface area contributed by atoms with E-state index in [0.717, 1.165) is 28.7 Å². The van der Waals surface area contributed by atoms with Crippen molar-refractivity contribution >= 4 is 44.6 Å². The molecule has 2 saturated carbocycles. The number of allylic oxidation sites excluding steroid dienone is 1. The molecule has 8 rings (SSSR count). The fraction of sp³-hybridized carbons (Fsp3) is 0.561. The number of hydrogen-bond donors (Lipinski definition) is 3. The highest BCUT2D eigenvalue weighted by molar-refractivity contribution is 7.91. The number of halogens is 2. The Morgan fingerprint density at radius 3 is 2.63 bits per heavy atom. The Balaban J connectivity index is 1.15. The van der Waals surface area contributed by atoms with Gasteiger partial charge in [-0.05, 0) is 89.0 Å². The summed E-state index contributed by atoms with van der Waals surface area (Å²) in [6, 6.07) is 4.41. The predicted molar refractivity (Wildman–Crippen MR) is 210 cm³/mol. The molecule has 3 N–H and O–H groups in total. The maximum atomic E-state index is 14.9. The molecule has 3 aliphatic heterocycles. The third-order valence-corrected chi connectivity index (χ3v) is 14.9. The van der Waals surface area contributed by atoms with E-state index in [1.165, 1.54) is 4.90 Å². The largest absolute Gasteiger partial charge is 0.497 e. The second-order valence-electron chi connectivity index (χ2n) is 16.8. The molecule has 4 amide bonds. The SMILES string of the molecule is CCc1nc2ccc(OC)cc2c2c1O[C@]1(CC2)C[C@H]2C(=O)N[C@]3(C(=O)NS(=O)(=O)C4(C)CC4)C[C@H]3C=CCCCCC[C@H](NC(=O)c3ccn(C(F)F)n3)C(=O)N2C1. The van der Waals surface area contributed by atoms with Gasteiger partial charge in [-0.3, -0.25) is 23.9 Å². The van der Waals surface area contributed by atoms with E-state index in [2.05, 4.69) is 20.5 Å². The van der Waals surface area contributed by atoms with Crippen molar-refractivity contribution in [3.63, 3.8) is 0 Å². The van der Waals surface area contributed by atoms with Gasteiger partial charge in [0.2, 0.25) is 21.8 Å². The number of carbonyl (C=O) groups is 4.